The average molecular weight is 370 g/mol. The zero-order valence-electron chi connectivity index (χ0n) is 15.4. The quantitative estimate of drug-likeness (QED) is 0.686. The summed E-state index contributed by atoms with van der Waals surface area (Å²) in [6, 6.07) is 6.97. The van der Waals surface area contributed by atoms with E-state index in [1.165, 1.54) is 30.5 Å². The Bertz CT molecular complexity index is 968. The van der Waals surface area contributed by atoms with Crippen LogP contribution in [0.25, 0.3) is 11.3 Å². The second-order valence-corrected chi connectivity index (χ2v) is 6.60. The number of imidazole rings is 1. The summed E-state index contributed by atoms with van der Waals surface area (Å²) in [5.41, 5.74) is 1.03. The molecular formula is C20H20F2N4O. The van der Waals surface area contributed by atoms with Crippen LogP contribution in [0, 0.1) is 11.6 Å². The van der Waals surface area contributed by atoms with Crippen molar-refractivity contribution in [1.82, 2.24) is 19.4 Å². The first-order valence-corrected chi connectivity index (χ1v) is 8.55. The number of rotatable bonds is 5. The molecule has 7 heteroatoms. The highest BCUT2D eigenvalue weighted by Crippen LogP contribution is 2.25. The topological polar surface area (TPSA) is 51.0 Å². The van der Waals surface area contributed by atoms with Crippen LogP contribution in [0.2, 0.25) is 0 Å². The minimum atomic E-state index is -0.598. The van der Waals surface area contributed by atoms with Crippen molar-refractivity contribution in [2.75, 3.05) is 0 Å². The number of hydrogen-bond donors (Lipinski definition) is 0. The Morgan fingerprint density at radius 3 is 2.59 bits per heavy atom. The molecule has 0 atom stereocenters. The number of aromatic nitrogens is 3. The summed E-state index contributed by atoms with van der Waals surface area (Å²) in [7, 11) is 1.79. The predicted octanol–water partition coefficient (Wildman–Crippen LogP) is 3.81. The average Bonchev–Trinajstić information content (AvgIpc) is 3.07. The molecule has 0 fully saturated rings. The molecule has 0 saturated heterocycles. The van der Waals surface area contributed by atoms with Crippen LogP contribution in [0.5, 0.6) is 0 Å². The van der Waals surface area contributed by atoms with E-state index in [0.717, 1.165) is 0 Å². The van der Waals surface area contributed by atoms with Crippen molar-refractivity contribution in [3.8, 4) is 11.3 Å². The number of nitrogens with zero attached hydrogens (tertiary/aromatic N) is 4. The van der Waals surface area contributed by atoms with E-state index in [1.807, 2.05) is 13.8 Å². The largest absolute Gasteiger partial charge is 0.340 e. The fourth-order valence-corrected chi connectivity index (χ4v) is 2.79. The Hall–Kier alpha value is -3.09. The van der Waals surface area contributed by atoms with E-state index in [1.54, 1.807) is 35.1 Å². The van der Waals surface area contributed by atoms with Crippen LogP contribution in [-0.2, 0) is 13.6 Å². The number of benzene rings is 1. The summed E-state index contributed by atoms with van der Waals surface area (Å²) in [4.78, 5) is 22.5. The molecule has 0 unspecified atom stereocenters. The second-order valence-electron chi connectivity index (χ2n) is 6.60. The second kappa shape index (κ2) is 7.65. The molecule has 2 aromatic heterocycles. The normalized spacial score (nSPS) is 11.0. The van der Waals surface area contributed by atoms with E-state index in [-0.39, 0.29) is 29.8 Å². The van der Waals surface area contributed by atoms with Crippen molar-refractivity contribution >= 4 is 5.91 Å². The van der Waals surface area contributed by atoms with E-state index in [2.05, 4.69) is 9.97 Å². The van der Waals surface area contributed by atoms with Crippen LogP contribution >= 0.6 is 0 Å². The van der Waals surface area contributed by atoms with Crippen molar-refractivity contribution in [1.29, 1.82) is 0 Å². The SMILES string of the molecule is CC(C)N(Cc1ccc(F)c(-c2ncccc2F)c1)C(=O)c1cn(C)cn1. The zero-order valence-corrected chi connectivity index (χ0v) is 15.4. The number of aryl methyl sites for hydroxylation is 1. The molecule has 1 aromatic carbocycles. The standard InChI is InChI=1S/C20H20F2N4O/c1-13(2)26(20(27)18-11-25(3)12-24-18)10-14-6-7-16(21)15(9-14)19-17(22)5-4-8-23-19/h4-9,11-13H,10H2,1-3H3. The third-order valence-corrected chi connectivity index (χ3v) is 4.21. The molecule has 1 amide bonds. The lowest BCUT2D eigenvalue weighted by atomic mass is 10.1. The highest BCUT2D eigenvalue weighted by Gasteiger charge is 2.22. The molecule has 2 heterocycles. The highest BCUT2D eigenvalue weighted by atomic mass is 19.1. The van der Waals surface area contributed by atoms with Crippen molar-refractivity contribution < 1.29 is 13.6 Å². The maximum absolute atomic E-state index is 14.3. The van der Waals surface area contributed by atoms with Gasteiger partial charge in [0.15, 0.2) is 0 Å². The molecule has 0 spiro atoms. The summed E-state index contributed by atoms with van der Waals surface area (Å²) in [6.45, 7) is 4.03. The van der Waals surface area contributed by atoms with E-state index >= 15 is 0 Å². The van der Waals surface area contributed by atoms with Crippen LogP contribution in [-0.4, -0.2) is 31.4 Å². The summed E-state index contributed by atoms with van der Waals surface area (Å²) in [5.74, 6) is -1.39. The lowest BCUT2D eigenvalue weighted by Gasteiger charge is -2.26. The molecule has 27 heavy (non-hydrogen) atoms. The maximum Gasteiger partial charge on any atom is 0.274 e. The Kier molecular flexibility index (Phi) is 5.30. The molecule has 0 N–H and O–H groups in total. The molecule has 0 saturated carbocycles. The van der Waals surface area contributed by atoms with Gasteiger partial charge in [0.25, 0.3) is 5.91 Å². The molecule has 0 aliphatic rings. The molecule has 0 aliphatic heterocycles. The lowest BCUT2D eigenvalue weighted by Crippen LogP contribution is -2.36. The third-order valence-electron chi connectivity index (χ3n) is 4.21. The summed E-state index contributed by atoms with van der Waals surface area (Å²) in [6.07, 6.45) is 4.62. The molecule has 3 rings (SSSR count). The van der Waals surface area contributed by atoms with Gasteiger partial charge in [-0.3, -0.25) is 9.78 Å². The number of carbonyl (C=O) groups excluding carboxylic acids is 1. The van der Waals surface area contributed by atoms with Crippen LogP contribution < -0.4 is 0 Å². The van der Waals surface area contributed by atoms with E-state index < -0.39 is 11.6 Å². The number of carbonyl (C=O) groups is 1. The third kappa shape index (κ3) is 4.02. The number of amides is 1. The Balaban J connectivity index is 1.92. The van der Waals surface area contributed by atoms with Gasteiger partial charge in [-0.1, -0.05) is 6.07 Å². The van der Waals surface area contributed by atoms with Gasteiger partial charge in [-0.05, 0) is 43.7 Å². The number of hydrogen-bond acceptors (Lipinski definition) is 3. The van der Waals surface area contributed by atoms with Gasteiger partial charge in [0.2, 0.25) is 0 Å². The van der Waals surface area contributed by atoms with Crippen LogP contribution in [0.3, 0.4) is 0 Å². The minimum absolute atomic E-state index is 0.0519. The summed E-state index contributed by atoms with van der Waals surface area (Å²) < 4.78 is 30.0. The molecule has 0 bridgehead atoms. The molecule has 140 valence electrons. The smallest absolute Gasteiger partial charge is 0.274 e. The Labute approximate surface area is 156 Å². The molecular weight excluding hydrogens is 350 g/mol. The van der Waals surface area contributed by atoms with Crippen molar-refractivity contribution in [3.63, 3.8) is 0 Å². The van der Waals surface area contributed by atoms with Gasteiger partial charge in [0, 0.05) is 37.6 Å². The first kappa shape index (κ1) is 18.7. The predicted molar refractivity (Wildman–Crippen MR) is 97.8 cm³/mol. The van der Waals surface area contributed by atoms with E-state index in [9.17, 15) is 13.6 Å². The number of pyridine rings is 1. The van der Waals surface area contributed by atoms with E-state index in [0.29, 0.717) is 11.3 Å². The van der Waals surface area contributed by atoms with Crippen LogP contribution in [0.1, 0.15) is 29.9 Å². The number of halogens is 2. The molecule has 3 aromatic rings. The zero-order chi connectivity index (χ0) is 19.6. The molecule has 5 nitrogen and oxygen atoms in total. The summed E-state index contributed by atoms with van der Waals surface area (Å²) in [5, 5.41) is 0. The van der Waals surface area contributed by atoms with Gasteiger partial charge >= 0.3 is 0 Å². The van der Waals surface area contributed by atoms with Gasteiger partial charge in [-0.15, -0.1) is 0 Å². The van der Waals surface area contributed by atoms with Gasteiger partial charge in [0.05, 0.1) is 6.33 Å². The van der Waals surface area contributed by atoms with Crippen LogP contribution in [0.4, 0.5) is 8.78 Å². The van der Waals surface area contributed by atoms with E-state index in [4.69, 9.17) is 0 Å². The first-order chi connectivity index (χ1) is 12.9. The fourth-order valence-electron chi connectivity index (χ4n) is 2.79. The van der Waals surface area contributed by atoms with Gasteiger partial charge in [-0.2, -0.15) is 0 Å². The molecule has 0 aliphatic carbocycles. The van der Waals surface area contributed by atoms with Gasteiger partial charge in [0.1, 0.15) is 23.0 Å². The highest BCUT2D eigenvalue weighted by molar-refractivity contribution is 5.92. The van der Waals surface area contributed by atoms with Crippen molar-refractivity contribution in [2.45, 2.75) is 26.4 Å². The first-order valence-electron chi connectivity index (χ1n) is 8.55. The van der Waals surface area contributed by atoms with Crippen molar-refractivity contribution in [3.05, 3.63) is 71.9 Å². The maximum atomic E-state index is 14.3. The van der Waals surface area contributed by atoms with Crippen LogP contribution in [0.15, 0.2) is 49.1 Å². The minimum Gasteiger partial charge on any atom is -0.340 e. The lowest BCUT2D eigenvalue weighted by molar-refractivity contribution is 0.0684. The van der Waals surface area contributed by atoms with Gasteiger partial charge in [-0.25, -0.2) is 13.8 Å². The van der Waals surface area contributed by atoms with Gasteiger partial charge < -0.3 is 9.47 Å². The Morgan fingerprint density at radius 2 is 1.96 bits per heavy atom. The summed E-state index contributed by atoms with van der Waals surface area (Å²) >= 11 is 0. The Morgan fingerprint density at radius 1 is 1.19 bits per heavy atom. The van der Waals surface area contributed by atoms with Crippen molar-refractivity contribution in [2.24, 2.45) is 7.05 Å². The monoisotopic (exact) mass is 370 g/mol. The fraction of sp³-hybridized carbons (Fsp3) is 0.250. The molecule has 0 radical (unpaired) electrons.